The third-order valence-corrected chi connectivity index (χ3v) is 3.90. The summed E-state index contributed by atoms with van der Waals surface area (Å²) in [6.07, 6.45) is 1.22. The first kappa shape index (κ1) is 15.9. The second-order valence-electron chi connectivity index (χ2n) is 5.57. The van der Waals surface area contributed by atoms with Crippen molar-refractivity contribution in [2.24, 2.45) is 0 Å². The van der Waals surface area contributed by atoms with Crippen LogP contribution in [0.1, 0.15) is 24.4 Å². The number of halogens is 1. The molecule has 1 N–H and O–H groups in total. The Labute approximate surface area is 139 Å². The number of carbonyl (C=O) groups excluding carboxylic acids is 1. The first-order chi connectivity index (χ1) is 11.6. The van der Waals surface area contributed by atoms with Crippen LogP contribution in [0.3, 0.4) is 0 Å². The summed E-state index contributed by atoms with van der Waals surface area (Å²) >= 11 is 0. The van der Waals surface area contributed by atoms with Crippen LogP contribution in [0.25, 0.3) is 11.0 Å². The molecular weight excluding hydrogens is 305 g/mol. The maximum absolute atomic E-state index is 14.1. The summed E-state index contributed by atoms with van der Waals surface area (Å²) in [5.41, 5.74) is 2.28. The Hall–Kier alpha value is -2.95. The average Bonchev–Trinajstić information content (AvgIpc) is 2.95. The van der Waals surface area contributed by atoms with Gasteiger partial charge in [-0.15, -0.1) is 0 Å². The molecule has 5 heteroatoms. The van der Waals surface area contributed by atoms with Crippen molar-refractivity contribution in [2.45, 2.75) is 19.5 Å². The van der Waals surface area contributed by atoms with E-state index in [9.17, 15) is 9.18 Å². The third kappa shape index (κ3) is 3.06. The fourth-order valence-electron chi connectivity index (χ4n) is 2.72. The standard InChI is InChI=1S/C19H18FN3O/c1-3-18(24)21-13(2)19-22-16-10-6-7-11-17(16)23(19)12-14-8-4-5-9-15(14)20/h3-11,13H,1,12H2,2H3,(H,21,24). The van der Waals surface area contributed by atoms with E-state index in [1.807, 2.05) is 35.8 Å². The topological polar surface area (TPSA) is 46.9 Å². The van der Waals surface area contributed by atoms with Gasteiger partial charge in [-0.2, -0.15) is 0 Å². The van der Waals surface area contributed by atoms with Crippen LogP contribution in [0.15, 0.2) is 61.2 Å². The first-order valence-electron chi connectivity index (χ1n) is 7.71. The van der Waals surface area contributed by atoms with Crippen molar-refractivity contribution in [1.82, 2.24) is 14.9 Å². The third-order valence-electron chi connectivity index (χ3n) is 3.90. The van der Waals surface area contributed by atoms with Gasteiger partial charge in [0.25, 0.3) is 0 Å². The lowest BCUT2D eigenvalue weighted by Crippen LogP contribution is -2.27. The number of benzene rings is 2. The highest BCUT2D eigenvalue weighted by atomic mass is 19.1. The van der Waals surface area contributed by atoms with Crippen LogP contribution >= 0.6 is 0 Å². The maximum atomic E-state index is 14.1. The fourth-order valence-corrected chi connectivity index (χ4v) is 2.72. The summed E-state index contributed by atoms with van der Waals surface area (Å²) in [6.45, 7) is 5.65. The Morgan fingerprint density at radius 2 is 2.00 bits per heavy atom. The lowest BCUT2D eigenvalue weighted by atomic mass is 10.2. The van der Waals surface area contributed by atoms with E-state index in [1.54, 1.807) is 18.2 Å². The number of amides is 1. The monoisotopic (exact) mass is 323 g/mol. The number of fused-ring (bicyclic) bond motifs is 1. The van der Waals surface area contributed by atoms with Gasteiger partial charge in [0.1, 0.15) is 11.6 Å². The zero-order valence-electron chi connectivity index (χ0n) is 13.4. The molecule has 0 aliphatic rings. The molecule has 0 fully saturated rings. The molecule has 1 unspecified atom stereocenters. The molecule has 3 rings (SSSR count). The molecule has 24 heavy (non-hydrogen) atoms. The van der Waals surface area contributed by atoms with E-state index in [0.29, 0.717) is 17.9 Å². The van der Waals surface area contributed by atoms with Crippen molar-refractivity contribution in [3.63, 3.8) is 0 Å². The molecule has 122 valence electrons. The summed E-state index contributed by atoms with van der Waals surface area (Å²) in [6, 6.07) is 14.0. The van der Waals surface area contributed by atoms with Gasteiger partial charge in [-0.3, -0.25) is 4.79 Å². The predicted octanol–water partition coefficient (Wildman–Crippen LogP) is 3.59. The fraction of sp³-hybridized carbons (Fsp3) is 0.158. The van der Waals surface area contributed by atoms with Gasteiger partial charge in [-0.05, 0) is 31.2 Å². The summed E-state index contributed by atoms with van der Waals surface area (Å²) in [5, 5.41) is 2.81. The van der Waals surface area contributed by atoms with E-state index in [4.69, 9.17) is 0 Å². The van der Waals surface area contributed by atoms with Crippen LogP contribution in [0.4, 0.5) is 4.39 Å². The molecular formula is C19H18FN3O. The van der Waals surface area contributed by atoms with Gasteiger partial charge in [-0.25, -0.2) is 9.37 Å². The highest BCUT2D eigenvalue weighted by Gasteiger charge is 2.18. The normalized spacial score (nSPS) is 12.1. The minimum absolute atomic E-state index is 0.260. The van der Waals surface area contributed by atoms with E-state index >= 15 is 0 Å². The predicted molar refractivity (Wildman–Crippen MR) is 92.0 cm³/mol. The van der Waals surface area contributed by atoms with Crippen molar-refractivity contribution >= 4 is 16.9 Å². The Balaban J connectivity index is 2.07. The second kappa shape index (κ2) is 6.66. The van der Waals surface area contributed by atoms with Gasteiger partial charge in [0.2, 0.25) is 5.91 Å². The van der Waals surface area contributed by atoms with Gasteiger partial charge in [-0.1, -0.05) is 36.9 Å². The molecule has 3 aromatic rings. The summed E-state index contributed by atoms with van der Waals surface area (Å²) in [7, 11) is 0. The largest absolute Gasteiger partial charge is 0.343 e. The first-order valence-corrected chi connectivity index (χ1v) is 7.71. The molecule has 1 amide bonds. The Morgan fingerprint density at radius 1 is 1.29 bits per heavy atom. The number of carbonyl (C=O) groups is 1. The van der Waals surface area contributed by atoms with Gasteiger partial charge in [0.15, 0.2) is 0 Å². The van der Waals surface area contributed by atoms with Gasteiger partial charge in [0, 0.05) is 5.56 Å². The molecule has 0 saturated heterocycles. The van der Waals surface area contributed by atoms with Gasteiger partial charge < -0.3 is 9.88 Å². The number of nitrogens with zero attached hydrogens (tertiary/aromatic N) is 2. The number of aromatic nitrogens is 2. The average molecular weight is 323 g/mol. The van der Waals surface area contributed by atoms with Crippen molar-refractivity contribution in [1.29, 1.82) is 0 Å². The highest BCUT2D eigenvalue weighted by molar-refractivity contribution is 5.87. The Bertz CT molecular complexity index is 901. The van der Waals surface area contributed by atoms with E-state index in [1.165, 1.54) is 12.1 Å². The molecule has 0 radical (unpaired) electrons. The van der Waals surface area contributed by atoms with E-state index in [2.05, 4.69) is 16.9 Å². The van der Waals surface area contributed by atoms with Gasteiger partial charge >= 0.3 is 0 Å². The highest BCUT2D eigenvalue weighted by Crippen LogP contribution is 2.23. The van der Waals surface area contributed by atoms with E-state index in [-0.39, 0.29) is 17.8 Å². The van der Waals surface area contributed by atoms with Crippen molar-refractivity contribution in [2.75, 3.05) is 0 Å². The zero-order chi connectivity index (χ0) is 17.1. The summed E-state index contributed by atoms with van der Waals surface area (Å²) < 4.78 is 16.0. The number of hydrogen-bond acceptors (Lipinski definition) is 2. The molecule has 2 aromatic carbocycles. The molecule has 1 atom stereocenters. The van der Waals surface area contributed by atoms with Crippen LogP contribution in [-0.2, 0) is 11.3 Å². The van der Waals surface area contributed by atoms with Crippen molar-refractivity contribution < 1.29 is 9.18 Å². The van der Waals surface area contributed by atoms with E-state index < -0.39 is 0 Å². The minimum Gasteiger partial charge on any atom is -0.343 e. The molecule has 0 saturated carbocycles. The van der Waals surface area contributed by atoms with Crippen LogP contribution < -0.4 is 5.32 Å². The van der Waals surface area contributed by atoms with E-state index in [0.717, 1.165) is 11.0 Å². The number of nitrogens with one attached hydrogen (secondary N) is 1. The lowest BCUT2D eigenvalue weighted by molar-refractivity contribution is -0.117. The maximum Gasteiger partial charge on any atom is 0.243 e. The van der Waals surface area contributed by atoms with Crippen LogP contribution in [-0.4, -0.2) is 15.5 Å². The molecule has 1 heterocycles. The lowest BCUT2D eigenvalue weighted by Gasteiger charge is -2.16. The minimum atomic E-state index is -0.324. The zero-order valence-corrected chi connectivity index (χ0v) is 13.4. The molecule has 0 spiro atoms. The smallest absolute Gasteiger partial charge is 0.243 e. The van der Waals surface area contributed by atoms with Crippen molar-refractivity contribution in [3.05, 3.63) is 78.4 Å². The van der Waals surface area contributed by atoms with Crippen molar-refractivity contribution in [3.8, 4) is 0 Å². The molecule has 0 bridgehead atoms. The number of rotatable bonds is 5. The molecule has 0 aliphatic carbocycles. The molecule has 0 aliphatic heterocycles. The van der Waals surface area contributed by atoms with Crippen LogP contribution in [0, 0.1) is 5.82 Å². The van der Waals surface area contributed by atoms with Crippen LogP contribution in [0.2, 0.25) is 0 Å². The Kier molecular flexibility index (Phi) is 4.42. The number of para-hydroxylation sites is 2. The molecule has 1 aromatic heterocycles. The quantitative estimate of drug-likeness (QED) is 0.730. The number of imidazole rings is 1. The van der Waals surface area contributed by atoms with Gasteiger partial charge in [0.05, 0.1) is 23.6 Å². The second-order valence-corrected chi connectivity index (χ2v) is 5.57. The molecule has 4 nitrogen and oxygen atoms in total. The Morgan fingerprint density at radius 3 is 2.75 bits per heavy atom. The number of hydrogen-bond donors (Lipinski definition) is 1. The van der Waals surface area contributed by atoms with Crippen LogP contribution in [0.5, 0.6) is 0 Å². The summed E-state index contributed by atoms with van der Waals surface area (Å²) in [4.78, 5) is 16.2. The SMILES string of the molecule is C=CC(=O)NC(C)c1nc2ccccc2n1Cc1ccccc1F. The summed E-state index contributed by atoms with van der Waals surface area (Å²) in [5.74, 6) is 0.144.